The van der Waals surface area contributed by atoms with Gasteiger partial charge in [0.25, 0.3) is 0 Å². The minimum atomic E-state index is 0.958. The Kier molecular flexibility index (Phi) is 5.22. The van der Waals surface area contributed by atoms with Gasteiger partial charge in [-0.2, -0.15) is 5.10 Å². The third kappa shape index (κ3) is 3.61. The molecule has 1 N–H and O–H groups in total. The van der Waals surface area contributed by atoms with Crippen molar-refractivity contribution in [3.63, 3.8) is 0 Å². The van der Waals surface area contributed by atoms with Gasteiger partial charge in [0.15, 0.2) is 0 Å². The number of para-hydroxylation sites is 2. The Morgan fingerprint density at radius 2 is 1.96 bits per heavy atom. The van der Waals surface area contributed by atoms with Crippen LogP contribution in [0.2, 0.25) is 0 Å². The molecule has 6 heteroatoms. The molecule has 3 aromatic rings. The highest BCUT2D eigenvalue weighted by Crippen LogP contribution is 2.29. The summed E-state index contributed by atoms with van der Waals surface area (Å²) in [5, 5.41) is 9.52. The molecule has 0 unspecified atom stereocenters. The van der Waals surface area contributed by atoms with E-state index in [4.69, 9.17) is 4.74 Å². The fraction of sp³-hybridized carbons (Fsp3) is 0.350. The van der Waals surface area contributed by atoms with E-state index in [1.165, 1.54) is 21.8 Å². The van der Waals surface area contributed by atoms with Gasteiger partial charge in [-0.05, 0) is 35.6 Å². The predicted octanol–water partition coefficient (Wildman–Crippen LogP) is 3.51. The van der Waals surface area contributed by atoms with Crippen LogP contribution in [-0.4, -0.2) is 54.9 Å². The number of H-pyrrole nitrogens is 1. The van der Waals surface area contributed by atoms with Gasteiger partial charge in [0.2, 0.25) is 0 Å². The highest BCUT2D eigenvalue weighted by Gasteiger charge is 2.20. The number of nitrogens with zero attached hydrogens (tertiary/aromatic N) is 3. The number of piperazine rings is 1. The second kappa shape index (κ2) is 7.93. The Morgan fingerprint density at radius 1 is 1.12 bits per heavy atom. The van der Waals surface area contributed by atoms with Gasteiger partial charge < -0.3 is 9.64 Å². The topological polar surface area (TPSA) is 44.4 Å². The maximum Gasteiger partial charge on any atom is 0.142 e. The van der Waals surface area contributed by atoms with Crippen molar-refractivity contribution in [3.05, 3.63) is 53.5 Å². The second-order valence-corrected chi connectivity index (χ2v) is 7.45. The first kappa shape index (κ1) is 17.1. The van der Waals surface area contributed by atoms with E-state index < -0.39 is 0 Å². The molecule has 4 rings (SSSR count). The Bertz CT molecular complexity index is 822. The van der Waals surface area contributed by atoms with E-state index in [1.54, 1.807) is 18.4 Å². The van der Waals surface area contributed by atoms with E-state index in [9.17, 15) is 0 Å². The molecule has 0 atom stereocenters. The van der Waals surface area contributed by atoms with Crippen LogP contribution in [0.25, 0.3) is 10.6 Å². The van der Waals surface area contributed by atoms with Crippen LogP contribution in [0, 0.1) is 0 Å². The van der Waals surface area contributed by atoms with Gasteiger partial charge in [0, 0.05) is 32.7 Å². The quantitative estimate of drug-likeness (QED) is 0.723. The number of nitrogens with one attached hydrogen (secondary N) is 1. The molecule has 0 saturated carbocycles. The summed E-state index contributed by atoms with van der Waals surface area (Å²) in [6.07, 6.45) is 3.00. The molecule has 1 aliphatic rings. The largest absolute Gasteiger partial charge is 0.495 e. The standard InChI is InChI=1S/C20H24N4OS/c1-25-18-6-3-2-5-17(18)24-12-10-23(11-13-24)9-8-16-15-21-22-20(16)19-7-4-14-26-19/h2-7,14-15H,8-13H2,1H3,(H,21,22). The lowest BCUT2D eigenvalue weighted by Crippen LogP contribution is -2.47. The van der Waals surface area contributed by atoms with Crippen LogP contribution in [0.5, 0.6) is 5.75 Å². The van der Waals surface area contributed by atoms with Gasteiger partial charge in [-0.15, -0.1) is 11.3 Å². The first-order valence-corrected chi connectivity index (χ1v) is 9.89. The minimum absolute atomic E-state index is 0.958. The molecule has 0 amide bonds. The van der Waals surface area contributed by atoms with Crippen LogP contribution in [0.4, 0.5) is 5.69 Å². The van der Waals surface area contributed by atoms with Gasteiger partial charge in [-0.25, -0.2) is 0 Å². The van der Waals surface area contributed by atoms with Crippen molar-refractivity contribution < 1.29 is 4.74 Å². The molecular weight excluding hydrogens is 344 g/mol. The maximum atomic E-state index is 5.51. The number of aromatic nitrogens is 2. The molecule has 136 valence electrons. The number of thiophene rings is 1. The van der Waals surface area contributed by atoms with Crippen molar-refractivity contribution in [1.82, 2.24) is 15.1 Å². The average molecular weight is 369 g/mol. The van der Waals surface area contributed by atoms with E-state index in [-0.39, 0.29) is 0 Å². The summed E-state index contributed by atoms with van der Waals surface area (Å²) in [5.74, 6) is 0.958. The smallest absolute Gasteiger partial charge is 0.142 e. The van der Waals surface area contributed by atoms with Crippen LogP contribution >= 0.6 is 11.3 Å². The summed E-state index contributed by atoms with van der Waals surface area (Å²) < 4.78 is 5.51. The van der Waals surface area contributed by atoms with E-state index in [0.717, 1.165) is 44.9 Å². The number of hydrogen-bond donors (Lipinski definition) is 1. The first-order chi connectivity index (χ1) is 12.8. The van der Waals surface area contributed by atoms with Crippen molar-refractivity contribution in [3.8, 4) is 16.3 Å². The van der Waals surface area contributed by atoms with Crippen LogP contribution in [0.3, 0.4) is 0 Å². The van der Waals surface area contributed by atoms with Crippen molar-refractivity contribution in [2.24, 2.45) is 0 Å². The van der Waals surface area contributed by atoms with E-state index in [1.807, 2.05) is 18.3 Å². The van der Waals surface area contributed by atoms with Gasteiger partial charge in [0.05, 0.1) is 29.6 Å². The molecule has 3 heterocycles. The number of methoxy groups -OCH3 is 1. The molecule has 26 heavy (non-hydrogen) atoms. The summed E-state index contributed by atoms with van der Waals surface area (Å²) in [4.78, 5) is 6.22. The second-order valence-electron chi connectivity index (χ2n) is 6.50. The molecule has 1 fully saturated rings. The lowest BCUT2D eigenvalue weighted by atomic mass is 10.1. The van der Waals surface area contributed by atoms with E-state index >= 15 is 0 Å². The van der Waals surface area contributed by atoms with E-state index in [0.29, 0.717) is 0 Å². The number of rotatable bonds is 6. The van der Waals surface area contributed by atoms with Gasteiger partial charge in [-0.3, -0.25) is 10.00 Å². The van der Waals surface area contributed by atoms with Crippen molar-refractivity contribution in [1.29, 1.82) is 0 Å². The highest BCUT2D eigenvalue weighted by molar-refractivity contribution is 7.13. The summed E-state index contributed by atoms with van der Waals surface area (Å²) in [6.45, 7) is 5.28. The van der Waals surface area contributed by atoms with Crippen molar-refractivity contribution >= 4 is 17.0 Å². The molecule has 1 saturated heterocycles. The SMILES string of the molecule is COc1ccccc1N1CCN(CCc2cn[nH]c2-c2cccs2)CC1. The molecule has 2 aromatic heterocycles. The first-order valence-electron chi connectivity index (χ1n) is 9.01. The summed E-state index contributed by atoms with van der Waals surface area (Å²) >= 11 is 1.75. The summed E-state index contributed by atoms with van der Waals surface area (Å²) in [5.41, 5.74) is 3.68. The summed E-state index contributed by atoms with van der Waals surface area (Å²) in [7, 11) is 1.74. The van der Waals surface area contributed by atoms with Crippen molar-refractivity contribution in [2.45, 2.75) is 6.42 Å². The molecule has 5 nitrogen and oxygen atoms in total. The summed E-state index contributed by atoms with van der Waals surface area (Å²) in [6, 6.07) is 12.5. The molecule has 0 aliphatic carbocycles. The number of aromatic amines is 1. The third-order valence-corrected chi connectivity index (χ3v) is 5.87. The van der Waals surface area contributed by atoms with Crippen LogP contribution in [0.15, 0.2) is 48.0 Å². The molecule has 0 spiro atoms. The molecule has 1 aliphatic heterocycles. The zero-order valence-electron chi connectivity index (χ0n) is 15.0. The number of ether oxygens (including phenoxy) is 1. The zero-order valence-corrected chi connectivity index (χ0v) is 15.8. The van der Waals surface area contributed by atoms with Crippen LogP contribution < -0.4 is 9.64 Å². The average Bonchev–Trinajstić information content (AvgIpc) is 3.38. The van der Waals surface area contributed by atoms with Gasteiger partial charge >= 0.3 is 0 Å². The van der Waals surface area contributed by atoms with E-state index in [2.05, 4.69) is 49.6 Å². The monoisotopic (exact) mass is 368 g/mol. The van der Waals surface area contributed by atoms with Gasteiger partial charge in [-0.1, -0.05) is 18.2 Å². The lowest BCUT2D eigenvalue weighted by Gasteiger charge is -2.36. The lowest BCUT2D eigenvalue weighted by molar-refractivity contribution is 0.260. The normalized spacial score (nSPS) is 15.3. The fourth-order valence-corrected chi connectivity index (χ4v) is 4.27. The number of anilines is 1. The predicted molar refractivity (Wildman–Crippen MR) is 107 cm³/mol. The number of hydrogen-bond acceptors (Lipinski definition) is 5. The number of benzene rings is 1. The Labute approximate surface area is 158 Å². The van der Waals surface area contributed by atoms with Crippen LogP contribution in [-0.2, 0) is 6.42 Å². The van der Waals surface area contributed by atoms with Gasteiger partial charge in [0.1, 0.15) is 5.75 Å². The molecule has 0 radical (unpaired) electrons. The maximum absolute atomic E-state index is 5.51. The Balaban J connectivity index is 1.33. The molecular formula is C20H24N4OS. The minimum Gasteiger partial charge on any atom is -0.495 e. The Morgan fingerprint density at radius 3 is 2.73 bits per heavy atom. The third-order valence-electron chi connectivity index (χ3n) is 4.98. The fourth-order valence-electron chi connectivity index (χ4n) is 3.52. The van der Waals surface area contributed by atoms with Crippen LogP contribution in [0.1, 0.15) is 5.56 Å². The zero-order chi connectivity index (χ0) is 17.8. The molecule has 1 aromatic carbocycles. The van der Waals surface area contributed by atoms with Crippen molar-refractivity contribution in [2.75, 3.05) is 44.7 Å². The highest BCUT2D eigenvalue weighted by atomic mass is 32.1. The molecule has 0 bridgehead atoms. The Hall–Kier alpha value is -2.31.